The number of nitrogens with zero attached hydrogens (tertiary/aromatic N) is 4. The zero-order valence-electron chi connectivity index (χ0n) is 14.6. The van der Waals surface area contributed by atoms with Crippen molar-refractivity contribution in [3.63, 3.8) is 0 Å². The van der Waals surface area contributed by atoms with Crippen LogP contribution in [0.2, 0.25) is 0 Å². The third-order valence-corrected chi connectivity index (χ3v) is 4.70. The summed E-state index contributed by atoms with van der Waals surface area (Å²) >= 11 is 0. The Bertz CT molecular complexity index is 291. The summed E-state index contributed by atoms with van der Waals surface area (Å²) in [6.45, 7) is 8.26. The lowest BCUT2D eigenvalue weighted by molar-refractivity contribution is 0.0154. The van der Waals surface area contributed by atoms with Crippen LogP contribution >= 0.6 is 0 Å². The molecule has 0 bridgehead atoms. The van der Waals surface area contributed by atoms with E-state index in [-0.39, 0.29) is 13.2 Å². The van der Waals surface area contributed by atoms with Crippen molar-refractivity contribution in [2.45, 2.75) is 12.3 Å². The Morgan fingerprint density at radius 2 is 1.04 bits per heavy atom. The van der Waals surface area contributed by atoms with Crippen molar-refractivity contribution in [3.8, 4) is 0 Å². The second-order valence-electron chi connectivity index (χ2n) is 6.94. The van der Waals surface area contributed by atoms with Gasteiger partial charge in [0.15, 0.2) is 0 Å². The number of likely N-dealkylation sites (N-methyl/N-ethyl adjacent to an activating group) is 2. The van der Waals surface area contributed by atoms with E-state index in [2.05, 4.69) is 33.7 Å². The molecule has 0 aromatic rings. The number of hydrogen-bond acceptors (Lipinski definition) is 5. The highest BCUT2D eigenvalue weighted by Gasteiger charge is 2.20. The van der Waals surface area contributed by atoms with Gasteiger partial charge in [-0.1, -0.05) is 0 Å². The molecule has 0 aromatic carbocycles. The summed E-state index contributed by atoms with van der Waals surface area (Å²) in [7, 11) is 4.16. The zero-order chi connectivity index (χ0) is 16.7. The first-order valence-corrected chi connectivity index (χ1v) is 8.70. The zero-order valence-corrected chi connectivity index (χ0v) is 14.6. The molecule has 0 radical (unpaired) electrons. The average molecular weight is 334 g/mol. The van der Waals surface area contributed by atoms with Gasteiger partial charge in [0.1, 0.15) is 12.3 Å². The maximum Gasteiger partial charge on any atom is 0.136 e. The molecule has 2 fully saturated rings. The van der Waals surface area contributed by atoms with Crippen LogP contribution < -0.4 is 0 Å². The van der Waals surface area contributed by atoms with Gasteiger partial charge in [-0.05, 0) is 14.1 Å². The second kappa shape index (κ2) is 9.84. The highest BCUT2D eigenvalue weighted by molar-refractivity contribution is 4.74. The van der Waals surface area contributed by atoms with E-state index >= 15 is 0 Å². The second-order valence-corrected chi connectivity index (χ2v) is 6.94. The molecule has 0 amide bonds. The molecule has 2 heterocycles. The largest absolute Gasteiger partial charge is 0.375 e. The summed E-state index contributed by atoms with van der Waals surface area (Å²) < 4.78 is 33.1. The molecule has 0 aliphatic carbocycles. The van der Waals surface area contributed by atoms with Gasteiger partial charge in [-0.25, -0.2) is 8.78 Å². The SMILES string of the molecule is CN1CCN(C[C@@H](F)COC[C@H](F)CN2CCN(C)CC2)CC1. The van der Waals surface area contributed by atoms with Crippen molar-refractivity contribution in [3.05, 3.63) is 0 Å². The fraction of sp³-hybridized carbons (Fsp3) is 1.00. The van der Waals surface area contributed by atoms with Crippen LogP contribution in [-0.2, 0) is 4.74 Å². The summed E-state index contributed by atoms with van der Waals surface area (Å²) in [6.07, 6.45) is -2.07. The van der Waals surface area contributed by atoms with Gasteiger partial charge in [0.2, 0.25) is 0 Å². The van der Waals surface area contributed by atoms with Crippen molar-refractivity contribution in [2.24, 2.45) is 0 Å². The van der Waals surface area contributed by atoms with Gasteiger partial charge in [-0.15, -0.1) is 0 Å². The lowest BCUT2D eigenvalue weighted by Crippen LogP contribution is -2.47. The lowest BCUT2D eigenvalue weighted by Gasteiger charge is -2.33. The van der Waals surface area contributed by atoms with Crippen molar-refractivity contribution >= 4 is 0 Å². The van der Waals surface area contributed by atoms with E-state index in [1.807, 2.05) is 0 Å². The maximum absolute atomic E-state index is 13.9. The number of hydrogen-bond donors (Lipinski definition) is 0. The minimum atomic E-state index is -1.03. The fourth-order valence-electron chi connectivity index (χ4n) is 3.05. The van der Waals surface area contributed by atoms with E-state index in [1.54, 1.807) is 0 Å². The summed E-state index contributed by atoms with van der Waals surface area (Å²) in [5.41, 5.74) is 0. The van der Waals surface area contributed by atoms with Crippen LogP contribution in [0.3, 0.4) is 0 Å². The van der Waals surface area contributed by atoms with Gasteiger partial charge in [0.05, 0.1) is 13.2 Å². The number of alkyl halides is 2. The van der Waals surface area contributed by atoms with Gasteiger partial charge in [-0.2, -0.15) is 0 Å². The van der Waals surface area contributed by atoms with E-state index < -0.39 is 12.3 Å². The van der Waals surface area contributed by atoms with Gasteiger partial charge < -0.3 is 14.5 Å². The Labute approximate surface area is 139 Å². The minimum Gasteiger partial charge on any atom is -0.375 e. The molecule has 7 heteroatoms. The molecule has 2 aliphatic rings. The smallest absolute Gasteiger partial charge is 0.136 e. The van der Waals surface area contributed by atoms with Crippen LogP contribution in [0.1, 0.15) is 0 Å². The molecule has 0 N–H and O–H groups in total. The first-order chi connectivity index (χ1) is 11.0. The van der Waals surface area contributed by atoms with Crippen LogP contribution in [0.5, 0.6) is 0 Å². The van der Waals surface area contributed by atoms with Crippen molar-refractivity contribution in [1.29, 1.82) is 0 Å². The van der Waals surface area contributed by atoms with E-state index in [0.717, 1.165) is 52.4 Å². The van der Waals surface area contributed by atoms with E-state index in [1.165, 1.54) is 0 Å². The number of rotatable bonds is 8. The van der Waals surface area contributed by atoms with Gasteiger partial charge in [-0.3, -0.25) is 9.80 Å². The predicted molar refractivity (Wildman–Crippen MR) is 88.5 cm³/mol. The van der Waals surface area contributed by atoms with E-state index in [9.17, 15) is 8.78 Å². The normalized spacial score (nSPS) is 25.6. The van der Waals surface area contributed by atoms with Gasteiger partial charge >= 0.3 is 0 Å². The Kier molecular flexibility index (Phi) is 8.12. The summed E-state index contributed by atoms with van der Waals surface area (Å²) in [5.74, 6) is 0. The first-order valence-electron chi connectivity index (χ1n) is 8.70. The molecule has 23 heavy (non-hydrogen) atoms. The van der Waals surface area contributed by atoms with Crippen molar-refractivity contribution in [1.82, 2.24) is 19.6 Å². The Morgan fingerprint density at radius 1 is 0.696 bits per heavy atom. The number of halogens is 2. The Hall–Kier alpha value is -0.340. The molecular weight excluding hydrogens is 302 g/mol. The highest BCUT2D eigenvalue weighted by atomic mass is 19.1. The molecule has 0 unspecified atom stereocenters. The van der Waals surface area contributed by atoms with Crippen LogP contribution in [-0.4, -0.2) is 125 Å². The fourth-order valence-corrected chi connectivity index (χ4v) is 3.05. The first kappa shape index (κ1) is 19.0. The molecule has 2 rings (SSSR count). The molecule has 0 aromatic heterocycles. The van der Waals surface area contributed by atoms with Crippen molar-refractivity contribution < 1.29 is 13.5 Å². The molecule has 5 nitrogen and oxygen atoms in total. The standard InChI is InChI=1S/C16H32F2N4O/c1-19-3-7-21(8-4-19)11-15(17)13-23-14-16(18)12-22-9-5-20(2)6-10-22/h15-16H,3-14H2,1-2H3/t15-,16-/m1/s1. The maximum atomic E-state index is 13.9. The molecule has 0 saturated carbocycles. The Balaban J connectivity index is 1.51. The summed E-state index contributed by atoms with van der Waals surface area (Å²) in [5, 5.41) is 0. The molecule has 2 aliphatic heterocycles. The van der Waals surface area contributed by atoms with Crippen LogP contribution in [0, 0.1) is 0 Å². The molecule has 136 valence electrons. The molecule has 0 spiro atoms. The molecule has 2 saturated heterocycles. The highest BCUT2D eigenvalue weighted by Crippen LogP contribution is 2.06. The summed E-state index contributed by atoms with van der Waals surface area (Å²) in [4.78, 5) is 8.72. The van der Waals surface area contributed by atoms with Crippen molar-refractivity contribution in [2.75, 3.05) is 92.8 Å². The minimum absolute atomic E-state index is 0.00447. The quantitative estimate of drug-likeness (QED) is 0.630. The third-order valence-electron chi connectivity index (χ3n) is 4.70. The van der Waals surface area contributed by atoms with Gasteiger partial charge in [0.25, 0.3) is 0 Å². The van der Waals surface area contributed by atoms with Crippen LogP contribution in [0.4, 0.5) is 8.78 Å². The summed E-state index contributed by atoms with van der Waals surface area (Å²) in [6, 6.07) is 0. The molecular formula is C16H32F2N4O. The Morgan fingerprint density at radius 3 is 1.39 bits per heavy atom. The van der Waals surface area contributed by atoms with Crippen LogP contribution in [0.15, 0.2) is 0 Å². The van der Waals surface area contributed by atoms with E-state index in [4.69, 9.17) is 4.74 Å². The average Bonchev–Trinajstić information content (AvgIpc) is 2.52. The molecule has 2 atom stereocenters. The number of piperazine rings is 2. The lowest BCUT2D eigenvalue weighted by atomic mass is 10.3. The third kappa shape index (κ3) is 7.39. The monoisotopic (exact) mass is 334 g/mol. The predicted octanol–water partition coefficient (Wildman–Crippen LogP) is 0.174. The topological polar surface area (TPSA) is 22.2 Å². The van der Waals surface area contributed by atoms with Gasteiger partial charge in [0, 0.05) is 65.4 Å². The van der Waals surface area contributed by atoms with Crippen LogP contribution in [0.25, 0.3) is 0 Å². The number of ether oxygens (including phenoxy) is 1. The van der Waals surface area contributed by atoms with E-state index in [0.29, 0.717) is 13.1 Å².